The summed E-state index contributed by atoms with van der Waals surface area (Å²) in [6.07, 6.45) is 1.18. The number of piperidine rings is 1. The molecule has 2 amide bonds. The number of carbonyl (C=O) groups is 2. The van der Waals surface area contributed by atoms with Gasteiger partial charge in [-0.25, -0.2) is 9.59 Å². The monoisotopic (exact) mass is 388 g/mol. The topological polar surface area (TPSA) is 96.4 Å². The molecule has 1 saturated heterocycles. The van der Waals surface area contributed by atoms with Crippen LogP contribution in [-0.4, -0.2) is 51.7 Å². The molecule has 2 heterocycles. The molecule has 1 aliphatic rings. The van der Waals surface area contributed by atoms with Crippen LogP contribution in [0.4, 0.5) is 4.79 Å². The highest BCUT2D eigenvalue weighted by molar-refractivity contribution is 5.77. The smallest absolute Gasteiger partial charge is 0.407 e. The maximum atomic E-state index is 12.4. The maximum absolute atomic E-state index is 12.4. The van der Waals surface area contributed by atoms with Gasteiger partial charge < -0.3 is 19.9 Å². The van der Waals surface area contributed by atoms with E-state index in [1.165, 1.54) is 0 Å². The number of aromatic amines is 1. The van der Waals surface area contributed by atoms with E-state index in [-0.39, 0.29) is 30.6 Å². The molecule has 3 rings (SSSR count). The Labute approximate surface area is 163 Å². The van der Waals surface area contributed by atoms with Crippen LogP contribution in [0, 0.1) is 0 Å². The Morgan fingerprint density at radius 2 is 1.89 bits per heavy atom. The minimum Gasteiger partial charge on any atom is -0.444 e. The third-order valence-corrected chi connectivity index (χ3v) is 4.81. The Hall–Kier alpha value is -2.77. The number of ether oxygens (including phenoxy) is 1. The number of carbonyl (C=O) groups excluding carboxylic acids is 2. The molecule has 1 fully saturated rings. The largest absolute Gasteiger partial charge is 0.444 e. The first-order valence-electron chi connectivity index (χ1n) is 9.68. The van der Waals surface area contributed by atoms with Crippen LogP contribution in [0.5, 0.6) is 0 Å². The van der Waals surface area contributed by atoms with E-state index in [9.17, 15) is 14.4 Å². The fraction of sp³-hybridized carbons (Fsp3) is 0.550. The Balaban J connectivity index is 1.50. The molecular weight excluding hydrogens is 360 g/mol. The number of nitrogens with zero attached hydrogens (tertiary/aromatic N) is 2. The van der Waals surface area contributed by atoms with Crippen LogP contribution in [0.25, 0.3) is 11.0 Å². The van der Waals surface area contributed by atoms with Crippen molar-refractivity contribution in [1.82, 2.24) is 19.8 Å². The second-order valence-electron chi connectivity index (χ2n) is 8.11. The summed E-state index contributed by atoms with van der Waals surface area (Å²) in [5.74, 6) is 0.000724. The van der Waals surface area contributed by atoms with E-state index >= 15 is 0 Å². The van der Waals surface area contributed by atoms with Gasteiger partial charge in [0.15, 0.2) is 0 Å². The first kappa shape index (κ1) is 20.0. The second kappa shape index (κ2) is 8.08. The highest BCUT2D eigenvalue weighted by atomic mass is 16.6. The van der Waals surface area contributed by atoms with E-state index in [4.69, 9.17) is 4.74 Å². The SMILES string of the molecule is CC(C)(C)OC(=O)NCCC(=O)N1CCC(n2c(=O)[nH]c3ccccc32)CC1. The number of rotatable bonds is 4. The maximum Gasteiger partial charge on any atom is 0.407 e. The van der Waals surface area contributed by atoms with Gasteiger partial charge in [0, 0.05) is 32.1 Å². The normalized spacial score (nSPS) is 15.6. The standard InChI is InChI=1S/C20H28N4O4/c1-20(2,3)28-19(27)21-11-8-17(25)23-12-9-14(10-13-23)24-16-7-5-4-6-15(16)22-18(24)26/h4-7,14H,8-13H2,1-3H3,(H,21,27)(H,22,26). The highest BCUT2D eigenvalue weighted by Gasteiger charge is 2.26. The first-order chi connectivity index (χ1) is 13.2. The lowest BCUT2D eigenvalue weighted by Crippen LogP contribution is -2.42. The fourth-order valence-electron chi connectivity index (χ4n) is 3.55. The van der Waals surface area contributed by atoms with Gasteiger partial charge in [0.1, 0.15) is 5.60 Å². The lowest BCUT2D eigenvalue weighted by Gasteiger charge is -2.32. The summed E-state index contributed by atoms with van der Waals surface area (Å²) in [5, 5.41) is 2.61. The number of benzene rings is 1. The van der Waals surface area contributed by atoms with Gasteiger partial charge in [0.25, 0.3) is 0 Å². The van der Waals surface area contributed by atoms with E-state index < -0.39 is 11.7 Å². The minimum absolute atomic E-state index is 0.000724. The number of aromatic nitrogens is 2. The molecular formula is C20H28N4O4. The number of amides is 2. The van der Waals surface area contributed by atoms with Crippen LogP contribution in [0.1, 0.15) is 46.1 Å². The van der Waals surface area contributed by atoms with Crippen LogP contribution >= 0.6 is 0 Å². The number of likely N-dealkylation sites (tertiary alicyclic amines) is 1. The molecule has 8 nitrogen and oxygen atoms in total. The van der Waals surface area contributed by atoms with Gasteiger partial charge in [-0.05, 0) is 45.7 Å². The van der Waals surface area contributed by atoms with Crippen molar-refractivity contribution in [1.29, 1.82) is 0 Å². The van der Waals surface area contributed by atoms with E-state index in [0.717, 1.165) is 23.9 Å². The van der Waals surface area contributed by atoms with Gasteiger partial charge in [-0.2, -0.15) is 0 Å². The van der Waals surface area contributed by atoms with Gasteiger partial charge >= 0.3 is 11.8 Å². The molecule has 0 aliphatic carbocycles. The van der Waals surface area contributed by atoms with Crippen molar-refractivity contribution in [2.75, 3.05) is 19.6 Å². The van der Waals surface area contributed by atoms with E-state index in [1.54, 1.807) is 30.2 Å². The summed E-state index contributed by atoms with van der Waals surface area (Å²) in [7, 11) is 0. The molecule has 1 aliphatic heterocycles. The number of alkyl carbamates (subject to hydrolysis) is 1. The van der Waals surface area contributed by atoms with Crippen LogP contribution in [0.2, 0.25) is 0 Å². The van der Waals surface area contributed by atoms with Gasteiger partial charge in [0.05, 0.1) is 11.0 Å². The zero-order valence-electron chi connectivity index (χ0n) is 16.7. The number of para-hydroxylation sites is 2. The lowest BCUT2D eigenvalue weighted by atomic mass is 10.0. The zero-order chi connectivity index (χ0) is 20.3. The Morgan fingerprint density at radius 1 is 1.21 bits per heavy atom. The highest BCUT2D eigenvalue weighted by Crippen LogP contribution is 2.25. The van der Waals surface area contributed by atoms with Crippen LogP contribution in [0.15, 0.2) is 29.1 Å². The van der Waals surface area contributed by atoms with Gasteiger partial charge in [-0.1, -0.05) is 12.1 Å². The molecule has 2 aromatic rings. The average molecular weight is 388 g/mol. The summed E-state index contributed by atoms with van der Waals surface area (Å²) < 4.78 is 6.96. The number of hydrogen-bond acceptors (Lipinski definition) is 4. The Bertz CT molecular complexity index is 901. The van der Waals surface area contributed by atoms with Crippen molar-refractivity contribution < 1.29 is 14.3 Å². The predicted octanol–water partition coefficient (Wildman–Crippen LogP) is 2.41. The quantitative estimate of drug-likeness (QED) is 0.841. The summed E-state index contributed by atoms with van der Waals surface area (Å²) >= 11 is 0. The molecule has 8 heteroatoms. The van der Waals surface area contributed by atoms with Gasteiger partial charge in [-0.15, -0.1) is 0 Å². The summed E-state index contributed by atoms with van der Waals surface area (Å²) in [5.41, 5.74) is 1.07. The molecule has 0 bridgehead atoms. The number of H-pyrrole nitrogens is 1. The third kappa shape index (κ3) is 4.74. The molecule has 0 spiro atoms. The molecule has 2 N–H and O–H groups in total. The summed E-state index contributed by atoms with van der Waals surface area (Å²) in [6, 6.07) is 7.72. The number of nitrogens with one attached hydrogen (secondary N) is 2. The van der Waals surface area contributed by atoms with E-state index in [2.05, 4.69) is 10.3 Å². The molecule has 28 heavy (non-hydrogen) atoms. The number of hydrogen-bond donors (Lipinski definition) is 2. The first-order valence-corrected chi connectivity index (χ1v) is 9.68. The fourth-order valence-corrected chi connectivity index (χ4v) is 3.55. The molecule has 1 aromatic heterocycles. The van der Waals surface area contributed by atoms with Crippen molar-refractivity contribution in [2.24, 2.45) is 0 Å². The van der Waals surface area contributed by atoms with Crippen molar-refractivity contribution in [2.45, 2.75) is 51.7 Å². The van der Waals surface area contributed by atoms with Gasteiger partial charge in [-0.3, -0.25) is 9.36 Å². The number of fused-ring (bicyclic) bond motifs is 1. The minimum atomic E-state index is -0.559. The lowest BCUT2D eigenvalue weighted by molar-refractivity contribution is -0.132. The third-order valence-electron chi connectivity index (χ3n) is 4.81. The van der Waals surface area contributed by atoms with Crippen molar-refractivity contribution >= 4 is 23.0 Å². The zero-order valence-corrected chi connectivity index (χ0v) is 16.7. The van der Waals surface area contributed by atoms with Crippen molar-refractivity contribution in [3.63, 3.8) is 0 Å². The Kier molecular flexibility index (Phi) is 5.76. The summed E-state index contributed by atoms with van der Waals surface area (Å²) in [6.45, 7) is 6.82. The summed E-state index contributed by atoms with van der Waals surface area (Å²) in [4.78, 5) is 41.1. The molecule has 0 saturated carbocycles. The van der Waals surface area contributed by atoms with E-state index in [1.807, 2.05) is 24.3 Å². The second-order valence-corrected chi connectivity index (χ2v) is 8.11. The average Bonchev–Trinajstić information content (AvgIpc) is 2.96. The molecule has 0 radical (unpaired) electrons. The molecule has 1 aromatic carbocycles. The van der Waals surface area contributed by atoms with Crippen LogP contribution < -0.4 is 11.0 Å². The molecule has 0 unspecified atom stereocenters. The van der Waals surface area contributed by atoms with Crippen molar-refractivity contribution in [3.05, 3.63) is 34.7 Å². The molecule has 152 valence electrons. The van der Waals surface area contributed by atoms with Crippen LogP contribution in [-0.2, 0) is 9.53 Å². The predicted molar refractivity (Wildman–Crippen MR) is 106 cm³/mol. The molecule has 0 atom stereocenters. The number of imidazole rings is 1. The van der Waals surface area contributed by atoms with Crippen LogP contribution in [0.3, 0.4) is 0 Å². The van der Waals surface area contributed by atoms with Gasteiger partial charge in [0.2, 0.25) is 5.91 Å². The van der Waals surface area contributed by atoms with Crippen molar-refractivity contribution in [3.8, 4) is 0 Å². The Morgan fingerprint density at radius 3 is 2.57 bits per heavy atom. The van der Waals surface area contributed by atoms with E-state index in [0.29, 0.717) is 13.1 Å².